The van der Waals surface area contributed by atoms with Gasteiger partial charge in [-0.05, 0) is 35.4 Å². The van der Waals surface area contributed by atoms with Crippen LogP contribution in [-0.4, -0.2) is 32.5 Å². The zero-order valence-corrected chi connectivity index (χ0v) is 19.2. The highest BCUT2D eigenvalue weighted by Crippen LogP contribution is 2.39. The molecule has 0 aliphatic rings. The maximum Gasteiger partial charge on any atom is 0.338 e. The van der Waals surface area contributed by atoms with E-state index in [0.29, 0.717) is 34.6 Å². The number of aromatic nitrogens is 1. The molecule has 180 valence electrons. The molecule has 0 saturated carbocycles. The molecule has 2 N–H and O–H groups in total. The average Bonchev–Trinajstić information content (AvgIpc) is 3.42. The van der Waals surface area contributed by atoms with Crippen LogP contribution in [0.2, 0.25) is 0 Å². The van der Waals surface area contributed by atoms with E-state index in [1.165, 1.54) is 6.92 Å². The van der Waals surface area contributed by atoms with Gasteiger partial charge in [0.25, 0.3) is 0 Å². The normalized spacial score (nSPS) is 11.1. The van der Waals surface area contributed by atoms with Gasteiger partial charge in [-0.2, -0.15) is 0 Å². The third kappa shape index (κ3) is 3.98. The number of hydrogen-bond donors (Lipinski definition) is 2. The molecule has 8 heteroatoms. The number of aromatic carboxylic acids is 2. The Kier molecular flexibility index (Phi) is 5.77. The second-order valence-electron chi connectivity index (χ2n) is 8.31. The van der Waals surface area contributed by atoms with Crippen LogP contribution in [0.1, 0.15) is 38.8 Å². The quantitative estimate of drug-likeness (QED) is 0.290. The van der Waals surface area contributed by atoms with Crippen LogP contribution in [0.4, 0.5) is 0 Å². The number of carboxylic acid groups (broad SMARTS) is 2. The molecule has 0 bridgehead atoms. The summed E-state index contributed by atoms with van der Waals surface area (Å²) in [7, 11) is 0. The number of carboxylic acids is 2. The first-order valence-corrected chi connectivity index (χ1v) is 11.1. The molecule has 36 heavy (non-hydrogen) atoms. The molecule has 0 amide bonds. The number of esters is 1. The standard InChI is InChI=1S/C28H21NO7/c1-16(30)35-15-19-9-12-22-24(27(31)32)25(28(33)34)26-21(13-23(19)29(22)26)18-7-10-20(11-8-18)36-14-17-5-3-2-4-6-17/h2-13H,14-15H2,1H3,(H,31,32)(H,33,34). The van der Waals surface area contributed by atoms with Gasteiger partial charge in [-0.1, -0.05) is 48.5 Å². The Morgan fingerprint density at radius 2 is 1.50 bits per heavy atom. The fourth-order valence-corrected chi connectivity index (χ4v) is 4.44. The second kappa shape index (κ2) is 9.07. The maximum atomic E-state index is 12.3. The maximum absolute atomic E-state index is 12.3. The minimum Gasteiger partial charge on any atom is -0.489 e. The van der Waals surface area contributed by atoms with Gasteiger partial charge in [-0.15, -0.1) is 0 Å². The summed E-state index contributed by atoms with van der Waals surface area (Å²) in [5.74, 6) is -2.49. The minimum atomic E-state index is -1.34. The van der Waals surface area contributed by atoms with Crippen molar-refractivity contribution in [3.05, 3.63) is 95.1 Å². The lowest BCUT2D eigenvalue weighted by molar-refractivity contribution is -0.142. The molecule has 0 saturated heterocycles. The third-order valence-electron chi connectivity index (χ3n) is 6.03. The number of benzene rings is 2. The number of pyridine rings is 1. The molecule has 0 spiro atoms. The van der Waals surface area contributed by atoms with Crippen molar-refractivity contribution in [1.82, 2.24) is 4.40 Å². The molecule has 5 rings (SSSR count). The molecule has 0 atom stereocenters. The number of rotatable bonds is 8. The van der Waals surface area contributed by atoms with Crippen LogP contribution in [0.15, 0.2) is 72.8 Å². The Morgan fingerprint density at radius 3 is 2.14 bits per heavy atom. The number of carbonyl (C=O) groups excluding carboxylic acids is 1. The first-order valence-electron chi connectivity index (χ1n) is 11.1. The van der Waals surface area contributed by atoms with E-state index in [9.17, 15) is 24.6 Å². The van der Waals surface area contributed by atoms with Crippen molar-refractivity contribution in [2.24, 2.45) is 0 Å². The van der Waals surface area contributed by atoms with E-state index in [2.05, 4.69) is 0 Å². The average molecular weight is 483 g/mol. The van der Waals surface area contributed by atoms with Gasteiger partial charge in [0.15, 0.2) is 0 Å². The zero-order chi connectivity index (χ0) is 25.4. The lowest BCUT2D eigenvalue weighted by Crippen LogP contribution is -2.06. The Balaban J connectivity index is 1.62. The largest absolute Gasteiger partial charge is 0.489 e. The van der Waals surface area contributed by atoms with Gasteiger partial charge in [-0.25, -0.2) is 9.59 Å². The molecule has 0 aliphatic heterocycles. The lowest BCUT2D eigenvalue weighted by Gasteiger charge is -2.07. The van der Waals surface area contributed by atoms with E-state index < -0.39 is 17.9 Å². The van der Waals surface area contributed by atoms with Gasteiger partial charge in [0.1, 0.15) is 30.1 Å². The summed E-state index contributed by atoms with van der Waals surface area (Å²) < 4.78 is 12.6. The zero-order valence-electron chi connectivity index (χ0n) is 19.2. The molecule has 0 radical (unpaired) electrons. The Labute approximate surface area is 205 Å². The SMILES string of the molecule is CC(=O)OCc1ccc2c(C(=O)O)c(C(=O)O)c3c(-c4ccc(OCc5ccccc5)cc4)cc1n23. The predicted molar refractivity (Wildman–Crippen MR) is 132 cm³/mol. The molecule has 0 aliphatic carbocycles. The van der Waals surface area contributed by atoms with E-state index in [-0.39, 0.29) is 28.8 Å². The first kappa shape index (κ1) is 22.9. The van der Waals surface area contributed by atoms with E-state index in [4.69, 9.17) is 9.47 Å². The van der Waals surface area contributed by atoms with Crippen molar-refractivity contribution in [2.75, 3.05) is 0 Å². The molecular weight excluding hydrogens is 462 g/mol. The van der Waals surface area contributed by atoms with Crippen LogP contribution in [0.5, 0.6) is 5.75 Å². The summed E-state index contributed by atoms with van der Waals surface area (Å²) in [4.78, 5) is 35.7. The van der Waals surface area contributed by atoms with Gasteiger partial charge in [-0.3, -0.25) is 4.79 Å². The molecule has 0 fully saturated rings. The van der Waals surface area contributed by atoms with Gasteiger partial charge in [0.2, 0.25) is 0 Å². The summed E-state index contributed by atoms with van der Waals surface area (Å²) in [5, 5.41) is 19.8. The van der Waals surface area contributed by atoms with Crippen molar-refractivity contribution in [3.63, 3.8) is 0 Å². The summed E-state index contributed by atoms with van der Waals surface area (Å²) in [6.07, 6.45) is 0. The number of carbonyl (C=O) groups is 3. The van der Waals surface area contributed by atoms with Crippen molar-refractivity contribution >= 4 is 34.5 Å². The highest BCUT2D eigenvalue weighted by Gasteiger charge is 2.30. The first-order chi connectivity index (χ1) is 17.3. The van der Waals surface area contributed by atoms with Crippen LogP contribution in [0, 0.1) is 0 Å². The predicted octanol–water partition coefficient (Wildman–Crippen LogP) is 5.24. The molecule has 2 aromatic carbocycles. The van der Waals surface area contributed by atoms with Crippen molar-refractivity contribution in [2.45, 2.75) is 20.1 Å². The lowest BCUT2D eigenvalue weighted by atomic mass is 10.0. The number of ether oxygens (including phenoxy) is 2. The summed E-state index contributed by atoms with van der Waals surface area (Å²) in [6.45, 7) is 1.67. The Bertz CT molecular complexity index is 1600. The van der Waals surface area contributed by atoms with Gasteiger partial charge in [0, 0.05) is 18.1 Å². The van der Waals surface area contributed by atoms with Crippen molar-refractivity contribution in [3.8, 4) is 16.9 Å². The molecule has 3 heterocycles. The third-order valence-corrected chi connectivity index (χ3v) is 6.03. The molecule has 0 unspecified atom stereocenters. The van der Waals surface area contributed by atoms with E-state index in [0.717, 1.165) is 5.56 Å². The van der Waals surface area contributed by atoms with Crippen LogP contribution in [0.25, 0.3) is 27.7 Å². The smallest absolute Gasteiger partial charge is 0.338 e. The monoisotopic (exact) mass is 483 g/mol. The summed E-state index contributed by atoms with van der Waals surface area (Å²) >= 11 is 0. The molecule has 5 aromatic rings. The van der Waals surface area contributed by atoms with Crippen LogP contribution < -0.4 is 4.74 Å². The second-order valence-corrected chi connectivity index (χ2v) is 8.31. The fourth-order valence-electron chi connectivity index (χ4n) is 4.44. The Morgan fingerprint density at radius 1 is 0.806 bits per heavy atom. The van der Waals surface area contributed by atoms with Crippen LogP contribution >= 0.6 is 0 Å². The number of hydrogen-bond acceptors (Lipinski definition) is 5. The van der Waals surface area contributed by atoms with Gasteiger partial charge < -0.3 is 24.1 Å². The molecule has 8 nitrogen and oxygen atoms in total. The van der Waals surface area contributed by atoms with Crippen molar-refractivity contribution < 1.29 is 34.1 Å². The summed E-state index contributed by atoms with van der Waals surface area (Å²) in [6, 6.07) is 21.9. The Hall–Kier alpha value is -4.85. The highest BCUT2D eigenvalue weighted by molar-refractivity contribution is 6.16. The van der Waals surface area contributed by atoms with Crippen molar-refractivity contribution in [1.29, 1.82) is 0 Å². The topological polar surface area (TPSA) is 115 Å². The van der Waals surface area contributed by atoms with Gasteiger partial charge in [0.05, 0.1) is 16.6 Å². The van der Waals surface area contributed by atoms with Crippen LogP contribution in [-0.2, 0) is 22.7 Å². The van der Waals surface area contributed by atoms with Gasteiger partial charge >= 0.3 is 17.9 Å². The van der Waals surface area contributed by atoms with E-state index in [1.807, 2.05) is 30.3 Å². The number of nitrogens with zero attached hydrogens (tertiary/aromatic N) is 1. The molecule has 3 aromatic heterocycles. The van der Waals surface area contributed by atoms with E-state index in [1.54, 1.807) is 46.9 Å². The van der Waals surface area contributed by atoms with Crippen LogP contribution in [0.3, 0.4) is 0 Å². The summed E-state index contributed by atoms with van der Waals surface area (Å²) in [5.41, 5.74) is 3.41. The highest BCUT2D eigenvalue weighted by atomic mass is 16.5. The molecular formula is C28H21NO7. The fraction of sp³-hybridized carbons (Fsp3) is 0.107. The van der Waals surface area contributed by atoms with E-state index >= 15 is 0 Å². The minimum absolute atomic E-state index is 0.0287.